The number of nitrogens with one attached hydrogen (secondary N) is 1. The van der Waals surface area contributed by atoms with Crippen molar-refractivity contribution in [3.63, 3.8) is 0 Å². The molecule has 0 radical (unpaired) electrons. The van der Waals surface area contributed by atoms with Crippen LogP contribution in [0.3, 0.4) is 0 Å². The SMILES string of the molecule is CC(C)Nc1nnc(SCc2cccc(C#N)c2)s1. The van der Waals surface area contributed by atoms with E-state index in [9.17, 15) is 0 Å². The van der Waals surface area contributed by atoms with Crippen molar-refractivity contribution in [3.05, 3.63) is 35.4 Å². The Labute approximate surface area is 120 Å². The lowest BCUT2D eigenvalue weighted by atomic mass is 10.2. The molecule has 0 fully saturated rings. The molecule has 0 amide bonds. The van der Waals surface area contributed by atoms with Gasteiger partial charge in [0.2, 0.25) is 5.13 Å². The largest absolute Gasteiger partial charge is 0.358 e. The fraction of sp³-hybridized carbons (Fsp3) is 0.308. The van der Waals surface area contributed by atoms with Gasteiger partial charge < -0.3 is 5.32 Å². The van der Waals surface area contributed by atoms with Crippen LogP contribution >= 0.6 is 23.1 Å². The lowest BCUT2D eigenvalue weighted by Gasteiger charge is -2.03. The summed E-state index contributed by atoms with van der Waals surface area (Å²) >= 11 is 3.19. The summed E-state index contributed by atoms with van der Waals surface area (Å²) in [5.41, 5.74) is 1.81. The van der Waals surface area contributed by atoms with E-state index < -0.39 is 0 Å². The summed E-state index contributed by atoms with van der Waals surface area (Å²) in [7, 11) is 0. The number of benzene rings is 1. The lowest BCUT2D eigenvalue weighted by Crippen LogP contribution is -2.08. The zero-order chi connectivity index (χ0) is 13.7. The maximum atomic E-state index is 8.85. The predicted molar refractivity (Wildman–Crippen MR) is 79.4 cm³/mol. The van der Waals surface area contributed by atoms with E-state index in [0.29, 0.717) is 11.6 Å². The molecule has 0 atom stereocenters. The average Bonchev–Trinajstić information content (AvgIpc) is 2.83. The minimum absolute atomic E-state index is 0.359. The zero-order valence-electron chi connectivity index (χ0n) is 10.8. The molecule has 0 bridgehead atoms. The van der Waals surface area contributed by atoms with Crippen LogP contribution in [0.5, 0.6) is 0 Å². The number of anilines is 1. The van der Waals surface area contributed by atoms with Crippen molar-refractivity contribution in [1.29, 1.82) is 5.26 Å². The molecule has 6 heteroatoms. The first-order valence-electron chi connectivity index (χ1n) is 5.89. The molecule has 0 aliphatic heterocycles. The van der Waals surface area contributed by atoms with E-state index in [2.05, 4.69) is 35.4 Å². The molecule has 19 heavy (non-hydrogen) atoms. The smallest absolute Gasteiger partial charge is 0.206 e. The van der Waals surface area contributed by atoms with Gasteiger partial charge in [-0.25, -0.2) is 0 Å². The van der Waals surface area contributed by atoms with E-state index in [1.54, 1.807) is 23.1 Å². The van der Waals surface area contributed by atoms with E-state index in [-0.39, 0.29) is 0 Å². The Morgan fingerprint density at radius 1 is 1.42 bits per heavy atom. The van der Waals surface area contributed by atoms with Gasteiger partial charge in [0.15, 0.2) is 4.34 Å². The molecule has 0 aliphatic rings. The summed E-state index contributed by atoms with van der Waals surface area (Å²) < 4.78 is 0.936. The topological polar surface area (TPSA) is 61.6 Å². The quantitative estimate of drug-likeness (QED) is 0.854. The van der Waals surface area contributed by atoms with Gasteiger partial charge in [0.25, 0.3) is 0 Å². The second-order valence-electron chi connectivity index (χ2n) is 4.27. The number of nitrogens with zero attached hydrogens (tertiary/aromatic N) is 3. The van der Waals surface area contributed by atoms with Crippen molar-refractivity contribution >= 4 is 28.2 Å². The highest BCUT2D eigenvalue weighted by atomic mass is 32.2. The molecular formula is C13H14N4S2. The molecule has 0 saturated heterocycles. The molecule has 2 rings (SSSR count). The third-order valence-electron chi connectivity index (χ3n) is 2.24. The molecule has 1 aromatic carbocycles. The fourth-order valence-corrected chi connectivity index (χ4v) is 3.29. The van der Waals surface area contributed by atoms with Crippen LogP contribution in [0.2, 0.25) is 0 Å². The van der Waals surface area contributed by atoms with Crippen LogP contribution in [0.4, 0.5) is 5.13 Å². The molecule has 1 aromatic heterocycles. The van der Waals surface area contributed by atoms with Gasteiger partial charge in [0, 0.05) is 11.8 Å². The Kier molecular flexibility index (Phi) is 4.77. The highest BCUT2D eigenvalue weighted by Crippen LogP contribution is 2.28. The molecule has 0 saturated carbocycles. The van der Waals surface area contributed by atoms with E-state index >= 15 is 0 Å². The van der Waals surface area contributed by atoms with Crippen molar-refractivity contribution in [2.24, 2.45) is 0 Å². The first-order valence-corrected chi connectivity index (χ1v) is 7.69. The van der Waals surface area contributed by atoms with Crippen LogP contribution in [0.25, 0.3) is 0 Å². The first-order chi connectivity index (χ1) is 9.17. The molecule has 98 valence electrons. The van der Waals surface area contributed by atoms with Gasteiger partial charge in [0.1, 0.15) is 0 Å². The van der Waals surface area contributed by atoms with Gasteiger partial charge in [-0.2, -0.15) is 5.26 Å². The minimum Gasteiger partial charge on any atom is -0.358 e. The van der Waals surface area contributed by atoms with Crippen molar-refractivity contribution < 1.29 is 0 Å². The molecule has 4 nitrogen and oxygen atoms in total. The molecule has 1 N–H and O–H groups in total. The fourth-order valence-electron chi connectivity index (χ4n) is 1.45. The van der Waals surface area contributed by atoms with Crippen LogP contribution in [0, 0.1) is 11.3 Å². The number of hydrogen-bond donors (Lipinski definition) is 1. The van der Waals surface area contributed by atoms with Gasteiger partial charge in [0.05, 0.1) is 11.6 Å². The van der Waals surface area contributed by atoms with Crippen molar-refractivity contribution in [2.75, 3.05) is 5.32 Å². The van der Waals surface area contributed by atoms with E-state index in [1.807, 2.05) is 24.3 Å². The summed E-state index contributed by atoms with van der Waals surface area (Å²) in [6.07, 6.45) is 0. The Balaban J connectivity index is 1.95. The van der Waals surface area contributed by atoms with E-state index in [0.717, 1.165) is 20.8 Å². The van der Waals surface area contributed by atoms with Crippen LogP contribution in [-0.2, 0) is 5.75 Å². The first kappa shape index (κ1) is 13.8. The summed E-state index contributed by atoms with van der Waals surface area (Å²) in [5.74, 6) is 0.797. The molecular weight excluding hydrogens is 276 g/mol. The molecule has 2 aromatic rings. The van der Waals surface area contributed by atoms with Gasteiger partial charge in [-0.1, -0.05) is 35.2 Å². The highest BCUT2D eigenvalue weighted by molar-refractivity contribution is 8.00. The lowest BCUT2D eigenvalue weighted by molar-refractivity contribution is 0.883. The van der Waals surface area contributed by atoms with Gasteiger partial charge >= 0.3 is 0 Å². The predicted octanol–water partition coefficient (Wildman–Crippen LogP) is 3.52. The highest BCUT2D eigenvalue weighted by Gasteiger charge is 2.06. The third-order valence-corrected chi connectivity index (χ3v) is 4.30. The molecule has 1 heterocycles. The molecule has 0 spiro atoms. The number of thioether (sulfide) groups is 1. The van der Waals surface area contributed by atoms with Crippen LogP contribution in [-0.4, -0.2) is 16.2 Å². The van der Waals surface area contributed by atoms with E-state index in [4.69, 9.17) is 5.26 Å². The number of hydrogen-bond acceptors (Lipinski definition) is 6. The van der Waals surface area contributed by atoms with Crippen molar-refractivity contribution in [3.8, 4) is 6.07 Å². The standard InChI is InChI=1S/C13H14N4S2/c1-9(2)15-12-16-17-13(19-12)18-8-11-5-3-4-10(6-11)7-14/h3-6,9H,8H2,1-2H3,(H,15,16). The zero-order valence-corrected chi connectivity index (χ0v) is 12.4. The van der Waals surface area contributed by atoms with Gasteiger partial charge in [-0.05, 0) is 31.5 Å². The second-order valence-corrected chi connectivity index (χ2v) is 6.47. The van der Waals surface area contributed by atoms with Crippen LogP contribution in [0.1, 0.15) is 25.0 Å². The van der Waals surface area contributed by atoms with Crippen molar-refractivity contribution in [2.45, 2.75) is 30.0 Å². The van der Waals surface area contributed by atoms with Crippen LogP contribution < -0.4 is 5.32 Å². The van der Waals surface area contributed by atoms with Crippen LogP contribution in [0.15, 0.2) is 28.6 Å². The summed E-state index contributed by atoms with van der Waals surface area (Å²) in [5, 5.41) is 21.1. The summed E-state index contributed by atoms with van der Waals surface area (Å²) in [6, 6.07) is 10.1. The third kappa shape index (κ3) is 4.23. The molecule has 0 aliphatic carbocycles. The number of nitriles is 1. The number of rotatable bonds is 5. The summed E-state index contributed by atoms with van der Waals surface area (Å²) in [6.45, 7) is 4.14. The second kappa shape index (κ2) is 6.55. The van der Waals surface area contributed by atoms with Gasteiger partial charge in [-0.15, -0.1) is 10.2 Å². The Bertz CT molecular complexity index is 586. The van der Waals surface area contributed by atoms with Gasteiger partial charge in [-0.3, -0.25) is 0 Å². The Morgan fingerprint density at radius 2 is 2.26 bits per heavy atom. The van der Waals surface area contributed by atoms with E-state index in [1.165, 1.54) is 0 Å². The molecule has 0 unspecified atom stereocenters. The maximum absolute atomic E-state index is 8.85. The average molecular weight is 290 g/mol. The number of aromatic nitrogens is 2. The Morgan fingerprint density at radius 3 is 3.00 bits per heavy atom. The van der Waals surface area contributed by atoms with Crippen molar-refractivity contribution in [1.82, 2.24) is 10.2 Å². The minimum atomic E-state index is 0.359. The monoisotopic (exact) mass is 290 g/mol. The maximum Gasteiger partial charge on any atom is 0.206 e. The Hall–Kier alpha value is -1.58. The normalized spacial score (nSPS) is 10.4. The summed E-state index contributed by atoms with van der Waals surface area (Å²) in [4.78, 5) is 0.